The van der Waals surface area contributed by atoms with E-state index in [4.69, 9.17) is 18.9 Å². The number of hydrogen-bond donors (Lipinski definition) is 0. The SMILES string of the molecule is CC(=O)OC[C@H]1O[C@H]([Te]c2ccc(C)cc2)[C@H](N2C(=O)c3ccccc3C2=O)[C@@H](OC(C)=O)[C@@H]1OC(C)=O. The van der Waals surface area contributed by atoms with Gasteiger partial charge in [-0.15, -0.1) is 0 Å². The van der Waals surface area contributed by atoms with Crippen LogP contribution in [0.2, 0.25) is 0 Å². The van der Waals surface area contributed by atoms with Gasteiger partial charge in [0.1, 0.15) is 0 Å². The Bertz CT molecular complexity index is 1230. The van der Waals surface area contributed by atoms with E-state index in [0.29, 0.717) is 0 Å². The number of benzene rings is 2. The van der Waals surface area contributed by atoms with Crippen LogP contribution >= 0.6 is 0 Å². The van der Waals surface area contributed by atoms with Gasteiger partial charge in [-0.2, -0.15) is 0 Å². The molecule has 1 saturated heterocycles. The summed E-state index contributed by atoms with van der Waals surface area (Å²) in [5.41, 5.74) is 1.50. The minimum atomic E-state index is -1.30. The molecule has 0 unspecified atom stereocenters. The number of rotatable bonds is 7. The molecule has 0 radical (unpaired) electrons. The zero-order chi connectivity index (χ0) is 27.6. The molecule has 10 nitrogen and oxygen atoms in total. The van der Waals surface area contributed by atoms with Gasteiger partial charge in [-0.05, 0) is 0 Å². The molecule has 38 heavy (non-hydrogen) atoms. The monoisotopic (exact) mass is 639 g/mol. The average Bonchev–Trinajstić information content (AvgIpc) is 3.10. The third-order valence-corrected chi connectivity index (χ3v) is 9.40. The Hall–Kier alpha value is -3.26. The summed E-state index contributed by atoms with van der Waals surface area (Å²) in [5, 5.41) is 0. The van der Waals surface area contributed by atoms with Crippen LogP contribution < -0.4 is 3.61 Å². The molecule has 11 heteroatoms. The van der Waals surface area contributed by atoms with Gasteiger partial charge < -0.3 is 0 Å². The van der Waals surface area contributed by atoms with Crippen molar-refractivity contribution in [1.29, 1.82) is 0 Å². The molecule has 2 aliphatic rings. The van der Waals surface area contributed by atoms with Crippen LogP contribution in [0.4, 0.5) is 0 Å². The Morgan fingerprint density at radius 3 is 1.92 bits per heavy atom. The zero-order valence-corrected chi connectivity index (χ0v) is 23.6. The number of fused-ring (bicyclic) bond motifs is 1. The van der Waals surface area contributed by atoms with Gasteiger partial charge in [0.2, 0.25) is 0 Å². The maximum absolute atomic E-state index is 13.6. The van der Waals surface area contributed by atoms with Crippen molar-refractivity contribution in [2.24, 2.45) is 0 Å². The maximum atomic E-state index is 13.6. The van der Waals surface area contributed by atoms with E-state index in [1.165, 1.54) is 20.8 Å². The van der Waals surface area contributed by atoms with Crippen molar-refractivity contribution >= 4 is 54.3 Å². The summed E-state index contributed by atoms with van der Waals surface area (Å²) in [6.45, 7) is 5.27. The topological polar surface area (TPSA) is 126 Å². The van der Waals surface area contributed by atoms with Crippen molar-refractivity contribution in [2.75, 3.05) is 6.61 Å². The van der Waals surface area contributed by atoms with E-state index in [1.54, 1.807) is 24.3 Å². The van der Waals surface area contributed by atoms with Gasteiger partial charge in [0.25, 0.3) is 0 Å². The molecule has 5 atom stereocenters. The second-order valence-corrected chi connectivity index (χ2v) is 12.3. The third kappa shape index (κ3) is 5.90. The molecular weight excluding hydrogens is 610 g/mol. The second kappa shape index (κ2) is 11.6. The molecule has 200 valence electrons. The Morgan fingerprint density at radius 1 is 0.842 bits per heavy atom. The number of carbonyl (C=O) groups is 5. The summed E-state index contributed by atoms with van der Waals surface area (Å²) in [6.07, 6.45) is -3.50. The number of amides is 2. The normalized spacial score (nSPS) is 24.5. The number of nitrogens with zero attached hydrogens (tertiary/aromatic N) is 1. The first kappa shape index (κ1) is 27.8. The first-order chi connectivity index (χ1) is 18.1. The van der Waals surface area contributed by atoms with Gasteiger partial charge in [0, 0.05) is 0 Å². The predicted octanol–water partition coefficient (Wildman–Crippen LogP) is 1.14. The van der Waals surface area contributed by atoms with Crippen LogP contribution in [0, 0.1) is 6.92 Å². The van der Waals surface area contributed by atoms with Crippen molar-refractivity contribution < 1.29 is 42.9 Å². The van der Waals surface area contributed by atoms with Crippen LogP contribution in [-0.2, 0) is 33.3 Å². The fraction of sp³-hybridized carbons (Fsp3) is 0.370. The molecule has 2 aliphatic heterocycles. The van der Waals surface area contributed by atoms with Gasteiger partial charge in [-0.1, -0.05) is 0 Å². The third-order valence-electron chi connectivity index (χ3n) is 6.07. The minimum absolute atomic E-state index is 0.222. The Balaban J connectivity index is 1.82. The summed E-state index contributed by atoms with van der Waals surface area (Å²) < 4.78 is 23.0. The Morgan fingerprint density at radius 2 is 1.39 bits per heavy atom. The molecule has 2 aromatic carbocycles. The number of carbonyl (C=O) groups excluding carboxylic acids is 5. The zero-order valence-electron chi connectivity index (χ0n) is 21.2. The molecule has 2 amide bonds. The van der Waals surface area contributed by atoms with E-state index in [9.17, 15) is 24.0 Å². The summed E-state index contributed by atoms with van der Waals surface area (Å²) in [4.78, 5) is 64.2. The fourth-order valence-corrected chi connectivity index (χ4v) is 7.84. The molecule has 0 aliphatic carbocycles. The van der Waals surface area contributed by atoms with E-state index in [1.807, 2.05) is 31.2 Å². The first-order valence-electron chi connectivity index (χ1n) is 11.9. The van der Waals surface area contributed by atoms with Gasteiger partial charge in [0.15, 0.2) is 0 Å². The van der Waals surface area contributed by atoms with Crippen molar-refractivity contribution in [3.05, 3.63) is 65.2 Å². The van der Waals surface area contributed by atoms with E-state index in [2.05, 4.69) is 0 Å². The quantitative estimate of drug-likeness (QED) is 0.190. The summed E-state index contributed by atoms with van der Waals surface area (Å²) >= 11 is -1.30. The molecule has 0 spiro atoms. The van der Waals surface area contributed by atoms with Crippen molar-refractivity contribution in [3.8, 4) is 0 Å². The van der Waals surface area contributed by atoms with Gasteiger partial charge in [0.05, 0.1) is 0 Å². The predicted molar refractivity (Wildman–Crippen MR) is 134 cm³/mol. The standard InChI is InChI=1S/C27H27NO9Te/c1-14-9-11-18(12-10-14)38-27-22(28-25(32)19-7-5-6-8-20(19)26(28)33)24(36-17(4)31)23(35-16(3)30)21(37-27)13-34-15(2)29/h5-12,21-24,27H,13H2,1-4H3/t21-,22-,23-,24-,27-/m1/s1. The molecule has 0 N–H and O–H groups in total. The molecule has 2 aromatic rings. The summed E-state index contributed by atoms with van der Waals surface area (Å²) in [6, 6.07) is 13.1. The van der Waals surface area contributed by atoms with Crippen LogP contribution in [0.5, 0.6) is 0 Å². The Kier molecular flexibility index (Phi) is 8.51. The van der Waals surface area contributed by atoms with Crippen LogP contribution in [0.1, 0.15) is 47.1 Å². The number of imide groups is 1. The van der Waals surface area contributed by atoms with Crippen LogP contribution in [0.3, 0.4) is 0 Å². The second-order valence-electron chi connectivity index (χ2n) is 8.94. The van der Waals surface area contributed by atoms with E-state index >= 15 is 0 Å². The molecule has 0 aromatic heterocycles. The van der Waals surface area contributed by atoms with E-state index < -0.39 is 79.2 Å². The fourth-order valence-electron chi connectivity index (χ4n) is 4.48. The van der Waals surface area contributed by atoms with Crippen molar-refractivity contribution in [2.45, 2.75) is 56.2 Å². The van der Waals surface area contributed by atoms with Crippen LogP contribution in [0.15, 0.2) is 48.5 Å². The Labute approximate surface area is 229 Å². The van der Waals surface area contributed by atoms with Crippen molar-refractivity contribution in [3.63, 3.8) is 0 Å². The molecule has 0 bridgehead atoms. The summed E-state index contributed by atoms with van der Waals surface area (Å²) in [5.74, 6) is -3.08. The molecule has 4 rings (SSSR count). The van der Waals surface area contributed by atoms with Gasteiger partial charge >= 0.3 is 230 Å². The molecular formula is C27H27NO9Te. The van der Waals surface area contributed by atoms with Gasteiger partial charge in [-0.3, -0.25) is 0 Å². The van der Waals surface area contributed by atoms with Crippen LogP contribution in [-0.4, -0.2) is 90.7 Å². The number of ether oxygens (including phenoxy) is 4. The van der Waals surface area contributed by atoms with E-state index in [0.717, 1.165) is 14.1 Å². The molecule has 2 heterocycles. The average molecular weight is 637 g/mol. The van der Waals surface area contributed by atoms with Crippen molar-refractivity contribution in [1.82, 2.24) is 4.90 Å². The first-order valence-corrected chi connectivity index (χ1v) is 14.4. The van der Waals surface area contributed by atoms with Gasteiger partial charge in [-0.25, -0.2) is 0 Å². The summed E-state index contributed by atoms with van der Waals surface area (Å²) in [7, 11) is 0. The number of hydrogen-bond acceptors (Lipinski definition) is 9. The number of aryl methyl sites for hydroxylation is 1. The molecule has 1 fully saturated rings. The van der Waals surface area contributed by atoms with Crippen LogP contribution in [0.25, 0.3) is 0 Å². The number of esters is 3. The van der Waals surface area contributed by atoms with E-state index in [-0.39, 0.29) is 17.7 Å². The molecule has 0 saturated carbocycles.